The van der Waals surface area contributed by atoms with Gasteiger partial charge >= 0.3 is 0 Å². The van der Waals surface area contributed by atoms with Gasteiger partial charge in [-0.05, 0) is 6.92 Å². The molecular formula is C9H17NO3. The van der Waals surface area contributed by atoms with Crippen molar-refractivity contribution in [3.8, 4) is 0 Å². The van der Waals surface area contributed by atoms with Gasteiger partial charge in [0.1, 0.15) is 0 Å². The summed E-state index contributed by atoms with van der Waals surface area (Å²) < 4.78 is 10.7. The second-order valence-corrected chi connectivity index (χ2v) is 3.70. The second-order valence-electron chi connectivity index (χ2n) is 3.70. The van der Waals surface area contributed by atoms with Crippen molar-refractivity contribution >= 4 is 5.91 Å². The first-order valence-corrected chi connectivity index (χ1v) is 4.59. The number of hydrogen-bond donors (Lipinski definition) is 1. The SMILES string of the molecule is CC(C)C(=O)NCC1(C)OCCO1. The van der Waals surface area contributed by atoms with E-state index < -0.39 is 5.79 Å². The molecule has 1 heterocycles. The zero-order valence-corrected chi connectivity index (χ0v) is 8.42. The monoisotopic (exact) mass is 187 g/mol. The molecule has 4 heteroatoms. The highest BCUT2D eigenvalue weighted by Gasteiger charge is 2.31. The summed E-state index contributed by atoms with van der Waals surface area (Å²) in [6.45, 7) is 7.18. The normalized spacial score (nSPS) is 20.6. The van der Waals surface area contributed by atoms with Crippen LogP contribution in [0.2, 0.25) is 0 Å². The van der Waals surface area contributed by atoms with Crippen molar-refractivity contribution < 1.29 is 14.3 Å². The van der Waals surface area contributed by atoms with Crippen molar-refractivity contribution in [1.82, 2.24) is 5.32 Å². The van der Waals surface area contributed by atoms with Crippen molar-refractivity contribution in [3.63, 3.8) is 0 Å². The quantitative estimate of drug-likeness (QED) is 0.700. The summed E-state index contributed by atoms with van der Waals surface area (Å²) in [4.78, 5) is 11.2. The fourth-order valence-corrected chi connectivity index (χ4v) is 1.11. The molecule has 1 aliphatic rings. The molecule has 13 heavy (non-hydrogen) atoms. The van der Waals surface area contributed by atoms with Gasteiger partial charge in [0.15, 0.2) is 5.79 Å². The average molecular weight is 187 g/mol. The minimum atomic E-state index is -0.620. The molecule has 1 fully saturated rings. The lowest BCUT2D eigenvalue weighted by Crippen LogP contribution is -2.42. The zero-order valence-electron chi connectivity index (χ0n) is 8.42. The van der Waals surface area contributed by atoms with E-state index in [0.29, 0.717) is 19.8 Å². The van der Waals surface area contributed by atoms with Crippen LogP contribution in [0, 0.1) is 5.92 Å². The van der Waals surface area contributed by atoms with E-state index in [1.54, 1.807) is 0 Å². The lowest BCUT2D eigenvalue weighted by Gasteiger charge is -2.22. The fraction of sp³-hybridized carbons (Fsp3) is 0.889. The Labute approximate surface area is 78.6 Å². The van der Waals surface area contributed by atoms with Gasteiger partial charge in [-0.1, -0.05) is 13.8 Å². The summed E-state index contributed by atoms with van der Waals surface area (Å²) in [5.41, 5.74) is 0. The van der Waals surface area contributed by atoms with Crippen LogP contribution in [0.15, 0.2) is 0 Å². The molecule has 0 aliphatic carbocycles. The summed E-state index contributed by atoms with van der Waals surface area (Å²) in [6.07, 6.45) is 0. The Hall–Kier alpha value is -0.610. The fourth-order valence-electron chi connectivity index (χ4n) is 1.11. The maximum atomic E-state index is 11.2. The van der Waals surface area contributed by atoms with E-state index in [4.69, 9.17) is 9.47 Å². The smallest absolute Gasteiger partial charge is 0.222 e. The predicted octanol–water partition coefficient (Wildman–Crippen LogP) is 0.522. The Morgan fingerprint density at radius 1 is 1.46 bits per heavy atom. The van der Waals surface area contributed by atoms with Crippen molar-refractivity contribution in [2.75, 3.05) is 19.8 Å². The van der Waals surface area contributed by atoms with Crippen molar-refractivity contribution in [1.29, 1.82) is 0 Å². The molecule has 0 aromatic carbocycles. The van der Waals surface area contributed by atoms with Crippen LogP contribution >= 0.6 is 0 Å². The van der Waals surface area contributed by atoms with Gasteiger partial charge in [-0.2, -0.15) is 0 Å². The van der Waals surface area contributed by atoms with Crippen LogP contribution in [-0.4, -0.2) is 31.5 Å². The van der Waals surface area contributed by atoms with Crippen LogP contribution in [-0.2, 0) is 14.3 Å². The first-order valence-electron chi connectivity index (χ1n) is 4.59. The number of ether oxygens (including phenoxy) is 2. The first kappa shape index (κ1) is 10.5. The molecule has 0 bridgehead atoms. The summed E-state index contributed by atoms with van der Waals surface area (Å²) in [6, 6.07) is 0. The Morgan fingerprint density at radius 2 is 2.00 bits per heavy atom. The third-order valence-electron chi connectivity index (χ3n) is 2.01. The van der Waals surface area contributed by atoms with E-state index in [0.717, 1.165) is 0 Å². The molecule has 1 rings (SSSR count). The Balaban J connectivity index is 2.29. The number of amides is 1. The number of hydrogen-bond acceptors (Lipinski definition) is 3. The molecule has 0 atom stereocenters. The minimum Gasteiger partial charge on any atom is -0.350 e. The molecule has 1 saturated heterocycles. The zero-order chi connectivity index (χ0) is 9.90. The highest BCUT2D eigenvalue weighted by molar-refractivity contribution is 5.77. The largest absolute Gasteiger partial charge is 0.350 e. The molecule has 0 aromatic heterocycles. The van der Waals surface area contributed by atoms with Crippen LogP contribution in [0.25, 0.3) is 0 Å². The molecule has 76 valence electrons. The number of rotatable bonds is 3. The Bertz CT molecular complexity index is 185. The molecule has 0 spiro atoms. The standard InChI is InChI=1S/C9H17NO3/c1-7(2)8(11)10-6-9(3)12-4-5-13-9/h7H,4-6H2,1-3H3,(H,10,11). The molecule has 0 saturated carbocycles. The van der Waals surface area contributed by atoms with Gasteiger partial charge in [-0.25, -0.2) is 0 Å². The predicted molar refractivity (Wildman–Crippen MR) is 48.2 cm³/mol. The van der Waals surface area contributed by atoms with E-state index in [-0.39, 0.29) is 11.8 Å². The maximum absolute atomic E-state index is 11.2. The van der Waals surface area contributed by atoms with E-state index in [1.807, 2.05) is 20.8 Å². The number of carbonyl (C=O) groups excluding carboxylic acids is 1. The summed E-state index contributed by atoms with van der Waals surface area (Å²) >= 11 is 0. The van der Waals surface area contributed by atoms with Crippen LogP contribution < -0.4 is 5.32 Å². The maximum Gasteiger partial charge on any atom is 0.222 e. The molecule has 0 aromatic rings. The Kier molecular flexibility index (Phi) is 3.27. The number of nitrogens with one attached hydrogen (secondary N) is 1. The van der Waals surface area contributed by atoms with E-state index in [9.17, 15) is 4.79 Å². The third kappa shape index (κ3) is 2.97. The van der Waals surface area contributed by atoms with Gasteiger partial charge in [0.25, 0.3) is 0 Å². The van der Waals surface area contributed by atoms with Gasteiger partial charge in [0, 0.05) is 5.92 Å². The average Bonchev–Trinajstić information content (AvgIpc) is 2.48. The second kappa shape index (κ2) is 4.07. The summed E-state index contributed by atoms with van der Waals surface area (Å²) in [7, 11) is 0. The number of carbonyl (C=O) groups is 1. The van der Waals surface area contributed by atoms with Crippen molar-refractivity contribution in [3.05, 3.63) is 0 Å². The van der Waals surface area contributed by atoms with Crippen LogP contribution in [0.3, 0.4) is 0 Å². The summed E-state index contributed by atoms with van der Waals surface area (Å²) in [5, 5.41) is 2.78. The van der Waals surface area contributed by atoms with E-state index in [2.05, 4.69) is 5.32 Å². The van der Waals surface area contributed by atoms with Gasteiger partial charge in [0.2, 0.25) is 5.91 Å². The topological polar surface area (TPSA) is 47.6 Å². The lowest BCUT2D eigenvalue weighted by molar-refractivity contribution is -0.146. The lowest BCUT2D eigenvalue weighted by atomic mass is 10.2. The molecule has 0 radical (unpaired) electrons. The molecular weight excluding hydrogens is 170 g/mol. The van der Waals surface area contributed by atoms with E-state index >= 15 is 0 Å². The van der Waals surface area contributed by atoms with Crippen molar-refractivity contribution in [2.24, 2.45) is 5.92 Å². The van der Waals surface area contributed by atoms with Crippen LogP contribution in [0.4, 0.5) is 0 Å². The third-order valence-corrected chi connectivity index (χ3v) is 2.01. The molecule has 1 N–H and O–H groups in total. The van der Waals surface area contributed by atoms with Gasteiger partial charge in [-0.15, -0.1) is 0 Å². The first-order chi connectivity index (χ1) is 6.03. The van der Waals surface area contributed by atoms with Gasteiger partial charge in [0.05, 0.1) is 19.8 Å². The van der Waals surface area contributed by atoms with Crippen LogP contribution in [0.5, 0.6) is 0 Å². The van der Waals surface area contributed by atoms with Gasteiger partial charge < -0.3 is 14.8 Å². The minimum absolute atomic E-state index is 0.00463. The van der Waals surface area contributed by atoms with E-state index in [1.165, 1.54) is 0 Å². The molecule has 0 unspecified atom stereocenters. The Morgan fingerprint density at radius 3 is 2.46 bits per heavy atom. The molecule has 4 nitrogen and oxygen atoms in total. The highest BCUT2D eigenvalue weighted by Crippen LogP contribution is 2.16. The molecule has 1 amide bonds. The highest BCUT2D eigenvalue weighted by atomic mass is 16.7. The van der Waals surface area contributed by atoms with Gasteiger partial charge in [-0.3, -0.25) is 4.79 Å². The van der Waals surface area contributed by atoms with Crippen molar-refractivity contribution in [2.45, 2.75) is 26.6 Å². The van der Waals surface area contributed by atoms with Crippen LogP contribution in [0.1, 0.15) is 20.8 Å². The molecule has 1 aliphatic heterocycles. The summed E-state index contributed by atoms with van der Waals surface area (Å²) in [5.74, 6) is -0.588.